The lowest BCUT2D eigenvalue weighted by Gasteiger charge is -2.25. The van der Waals surface area contributed by atoms with Crippen molar-refractivity contribution >= 4 is 34.9 Å². The summed E-state index contributed by atoms with van der Waals surface area (Å²) in [5, 5.41) is 8.49. The van der Waals surface area contributed by atoms with E-state index in [4.69, 9.17) is 27.7 Å². The minimum Gasteiger partial charge on any atom is -0.369 e. The molecule has 6 nitrogen and oxygen atoms in total. The van der Waals surface area contributed by atoms with Gasteiger partial charge in [0.05, 0.1) is 5.54 Å². The molecule has 2 aromatic heterocycles. The topological polar surface area (TPSA) is 67.1 Å². The maximum absolute atomic E-state index is 6.06. The Bertz CT molecular complexity index is 956. The molecule has 0 amide bonds. The first kappa shape index (κ1) is 18.1. The molecular formula is C19H19Cl2N5O. The van der Waals surface area contributed by atoms with Crippen molar-refractivity contribution in [1.29, 1.82) is 0 Å². The average molecular weight is 404 g/mol. The van der Waals surface area contributed by atoms with Gasteiger partial charge in [0.2, 0.25) is 5.82 Å². The molecule has 140 valence electrons. The number of aromatic nitrogens is 3. The lowest BCUT2D eigenvalue weighted by molar-refractivity contribution is 0.416. The number of halogens is 2. The van der Waals surface area contributed by atoms with Crippen molar-refractivity contribution in [3.63, 3.8) is 0 Å². The van der Waals surface area contributed by atoms with Gasteiger partial charge in [-0.3, -0.25) is 4.98 Å². The first-order chi connectivity index (χ1) is 12.9. The predicted octanol–water partition coefficient (Wildman–Crippen LogP) is 4.83. The molecule has 1 N–H and O–H groups in total. The highest BCUT2D eigenvalue weighted by atomic mass is 35.5. The number of anilines is 2. The van der Waals surface area contributed by atoms with Crippen molar-refractivity contribution in [1.82, 2.24) is 15.1 Å². The Morgan fingerprint density at radius 2 is 1.96 bits per heavy atom. The van der Waals surface area contributed by atoms with Gasteiger partial charge < -0.3 is 14.7 Å². The molecule has 1 fully saturated rings. The molecule has 1 unspecified atom stereocenters. The van der Waals surface area contributed by atoms with Crippen LogP contribution in [0.1, 0.15) is 19.0 Å². The second-order valence-electron chi connectivity index (χ2n) is 7.09. The summed E-state index contributed by atoms with van der Waals surface area (Å²) in [6, 6.07) is 9.70. The highest BCUT2D eigenvalue weighted by Crippen LogP contribution is 2.31. The van der Waals surface area contributed by atoms with Crippen molar-refractivity contribution < 1.29 is 4.52 Å². The van der Waals surface area contributed by atoms with Gasteiger partial charge in [-0.05, 0) is 50.6 Å². The minimum absolute atomic E-state index is 0.174. The van der Waals surface area contributed by atoms with Crippen LogP contribution in [0.15, 0.2) is 41.1 Å². The SMILES string of the molecule is Cc1cc(N2CCC(C)(Nc3nc(-c4cc(Cl)cc(Cl)c4)no3)C2)ccn1. The quantitative estimate of drug-likeness (QED) is 0.672. The maximum atomic E-state index is 6.06. The number of nitrogens with zero attached hydrogens (tertiary/aromatic N) is 4. The number of benzene rings is 1. The van der Waals surface area contributed by atoms with E-state index in [0.717, 1.165) is 30.8 Å². The van der Waals surface area contributed by atoms with Gasteiger partial charge in [0.25, 0.3) is 0 Å². The van der Waals surface area contributed by atoms with Gasteiger partial charge in [-0.1, -0.05) is 28.4 Å². The Morgan fingerprint density at radius 3 is 2.70 bits per heavy atom. The average Bonchev–Trinajstić information content (AvgIpc) is 3.21. The lowest BCUT2D eigenvalue weighted by Crippen LogP contribution is -2.38. The first-order valence-electron chi connectivity index (χ1n) is 8.66. The molecular weight excluding hydrogens is 385 g/mol. The molecule has 3 aromatic rings. The summed E-state index contributed by atoms with van der Waals surface area (Å²) in [6.45, 7) is 5.93. The van der Waals surface area contributed by atoms with E-state index >= 15 is 0 Å². The van der Waals surface area contributed by atoms with Gasteiger partial charge in [0.15, 0.2) is 0 Å². The molecule has 0 radical (unpaired) electrons. The fourth-order valence-electron chi connectivity index (χ4n) is 3.34. The van der Waals surface area contributed by atoms with Gasteiger partial charge >= 0.3 is 6.01 Å². The number of aryl methyl sites for hydroxylation is 1. The Balaban J connectivity index is 1.49. The second kappa shape index (κ2) is 7.02. The highest BCUT2D eigenvalue weighted by molar-refractivity contribution is 6.35. The second-order valence-corrected chi connectivity index (χ2v) is 7.97. The van der Waals surface area contributed by atoms with E-state index in [2.05, 4.69) is 38.3 Å². The van der Waals surface area contributed by atoms with Crippen LogP contribution >= 0.6 is 23.2 Å². The summed E-state index contributed by atoms with van der Waals surface area (Å²) in [4.78, 5) is 11.0. The molecule has 3 heterocycles. The zero-order valence-electron chi connectivity index (χ0n) is 15.0. The summed E-state index contributed by atoms with van der Waals surface area (Å²) < 4.78 is 5.40. The van der Waals surface area contributed by atoms with Gasteiger partial charge in [0, 0.05) is 46.3 Å². The normalized spacial score (nSPS) is 19.5. The Kier molecular flexibility index (Phi) is 4.70. The smallest absolute Gasteiger partial charge is 0.322 e. The zero-order chi connectivity index (χ0) is 19.0. The van der Waals surface area contributed by atoms with Gasteiger partial charge in [0.1, 0.15) is 0 Å². The van der Waals surface area contributed by atoms with E-state index in [1.54, 1.807) is 18.2 Å². The van der Waals surface area contributed by atoms with Gasteiger partial charge in [-0.2, -0.15) is 4.98 Å². The van der Waals surface area contributed by atoms with Crippen molar-refractivity contribution in [2.75, 3.05) is 23.3 Å². The van der Waals surface area contributed by atoms with Crippen LogP contribution < -0.4 is 10.2 Å². The Morgan fingerprint density at radius 1 is 1.19 bits per heavy atom. The molecule has 1 saturated heterocycles. The molecule has 0 bridgehead atoms. The molecule has 1 aromatic carbocycles. The first-order valence-corrected chi connectivity index (χ1v) is 9.42. The zero-order valence-corrected chi connectivity index (χ0v) is 16.6. The molecule has 0 saturated carbocycles. The van der Waals surface area contributed by atoms with Crippen molar-refractivity contribution in [3.05, 3.63) is 52.3 Å². The van der Waals surface area contributed by atoms with Crippen molar-refractivity contribution in [3.8, 4) is 11.4 Å². The molecule has 4 rings (SSSR count). The predicted molar refractivity (Wildman–Crippen MR) is 108 cm³/mol. The largest absolute Gasteiger partial charge is 0.369 e. The van der Waals surface area contributed by atoms with Crippen LogP contribution in [0.2, 0.25) is 10.0 Å². The third-order valence-electron chi connectivity index (χ3n) is 4.67. The van der Waals surface area contributed by atoms with Crippen LogP contribution in [0, 0.1) is 6.92 Å². The standard InChI is InChI=1S/C19H19Cl2N5O/c1-12-7-16(3-5-22-12)26-6-4-19(2,11-26)24-18-23-17(25-27-18)13-8-14(20)10-15(21)9-13/h3,5,7-10H,4,6,11H2,1-2H3,(H,23,24,25). The minimum atomic E-state index is -0.174. The number of nitrogens with one attached hydrogen (secondary N) is 1. The van der Waals surface area contributed by atoms with Crippen LogP contribution in [0.3, 0.4) is 0 Å². The number of pyridine rings is 1. The fourth-order valence-corrected chi connectivity index (χ4v) is 3.87. The Hall–Kier alpha value is -2.31. The summed E-state index contributed by atoms with van der Waals surface area (Å²) in [5.74, 6) is 0.449. The van der Waals surface area contributed by atoms with Crippen LogP contribution in [-0.4, -0.2) is 33.8 Å². The van der Waals surface area contributed by atoms with E-state index in [9.17, 15) is 0 Å². The summed E-state index contributed by atoms with van der Waals surface area (Å²) >= 11 is 12.1. The van der Waals surface area contributed by atoms with Gasteiger partial charge in [-0.25, -0.2) is 0 Å². The van der Waals surface area contributed by atoms with Crippen LogP contribution in [0.5, 0.6) is 0 Å². The number of hydrogen-bond acceptors (Lipinski definition) is 6. The van der Waals surface area contributed by atoms with E-state index in [-0.39, 0.29) is 5.54 Å². The number of hydrogen-bond donors (Lipinski definition) is 1. The molecule has 8 heteroatoms. The molecule has 1 aliphatic heterocycles. The van der Waals surface area contributed by atoms with E-state index in [1.165, 1.54) is 5.69 Å². The van der Waals surface area contributed by atoms with E-state index < -0.39 is 0 Å². The molecule has 1 atom stereocenters. The highest BCUT2D eigenvalue weighted by Gasteiger charge is 2.35. The van der Waals surface area contributed by atoms with Crippen LogP contribution in [0.25, 0.3) is 11.4 Å². The number of rotatable bonds is 4. The fraction of sp³-hybridized carbons (Fsp3) is 0.316. The van der Waals surface area contributed by atoms with Crippen molar-refractivity contribution in [2.24, 2.45) is 0 Å². The lowest BCUT2D eigenvalue weighted by atomic mass is 10.0. The summed E-state index contributed by atoms with van der Waals surface area (Å²) in [7, 11) is 0. The Labute approximate surface area is 167 Å². The third-order valence-corrected chi connectivity index (χ3v) is 5.11. The van der Waals surface area contributed by atoms with E-state index in [0.29, 0.717) is 21.9 Å². The van der Waals surface area contributed by atoms with E-state index in [1.807, 2.05) is 19.2 Å². The molecule has 0 aliphatic carbocycles. The van der Waals surface area contributed by atoms with Crippen LogP contribution in [-0.2, 0) is 0 Å². The van der Waals surface area contributed by atoms with Gasteiger partial charge in [-0.15, -0.1) is 0 Å². The molecule has 1 aliphatic rings. The van der Waals surface area contributed by atoms with Crippen molar-refractivity contribution in [2.45, 2.75) is 25.8 Å². The third kappa shape index (κ3) is 4.01. The summed E-state index contributed by atoms with van der Waals surface area (Å²) in [5.41, 5.74) is 2.73. The summed E-state index contributed by atoms with van der Waals surface area (Å²) in [6.07, 6.45) is 2.79. The maximum Gasteiger partial charge on any atom is 0.322 e. The van der Waals surface area contributed by atoms with Crippen LogP contribution in [0.4, 0.5) is 11.7 Å². The molecule has 0 spiro atoms. The monoisotopic (exact) mass is 403 g/mol. The molecule has 27 heavy (non-hydrogen) atoms.